The van der Waals surface area contributed by atoms with Crippen LogP contribution >= 0.6 is 0 Å². The number of fused-ring (bicyclic) bond motifs is 1. The summed E-state index contributed by atoms with van der Waals surface area (Å²) in [5.41, 5.74) is 1.84. The molecule has 0 radical (unpaired) electrons. The number of aromatic nitrogens is 2. The van der Waals surface area contributed by atoms with Crippen molar-refractivity contribution >= 4 is 16.7 Å². The molecule has 0 saturated carbocycles. The molecule has 0 bridgehead atoms. The first-order chi connectivity index (χ1) is 9.25. The number of para-hydroxylation sites is 1. The molecule has 1 atom stereocenters. The Balaban J connectivity index is 1.83. The normalized spacial score (nSPS) is 19.7. The number of benzene rings is 1. The summed E-state index contributed by atoms with van der Waals surface area (Å²) in [5.74, 6) is 0.0311. The molecule has 0 amide bonds. The average molecular weight is 260 g/mol. The van der Waals surface area contributed by atoms with E-state index in [1.807, 2.05) is 31.3 Å². The van der Waals surface area contributed by atoms with Crippen molar-refractivity contribution in [2.45, 2.75) is 12.5 Å². The summed E-state index contributed by atoms with van der Waals surface area (Å²) in [4.78, 5) is 12.2. The van der Waals surface area contributed by atoms with E-state index in [9.17, 15) is 4.79 Å². The Bertz CT molecular complexity index is 600. The van der Waals surface area contributed by atoms with Crippen molar-refractivity contribution in [3.63, 3.8) is 0 Å². The highest BCUT2D eigenvalue weighted by Gasteiger charge is 2.24. The second-order valence-electron chi connectivity index (χ2n) is 4.66. The highest BCUT2D eigenvalue weighted by atomic mass is 16.6. The molecule has 0 spiro atoms. The van der Waals surface area contributed by atoms with E-state index in [1.165, 1.54) is 0 Å². The maximum Gasteiger partial charge on any atom is 0.169 e. The second kappa shape index (κ2) is 5.11. The largest absolute Gasteiger partial charge is 0.376 e. The minimum Gasteiger partial charge on any atom is -0.376 e. The van der Waals surface area contributed by atoms with Crippen LogP contribution in [0.1, 0.15) is 5.69 Å². The van der Waals surface area contributed by atoms with Crippen molar-refractivity contribution < 1.29 is 14.3 Å². The highest BCUT2D eigenvalue weighted by Crippen LogP contribution is 2.19. The Morgan fingerprint density at radius 3 is 3.05 bits per heavy atom. The molecule has 0 aliphatic carbocycles. The van der Waals surface area contributed by atoms with Gasteiger partial charge < -0.3 is 9.47 Å². The van der Waals surface area contributed by atoms with Crippen LogP contribution in [-0.4, -0.2) is 41.5 Å². The standard InChI is InChI=1S/C14H16N2O3/c1-16-12-5-3-2-4-10(12)11(15-16)8-13(17)14-9-18-6-7-19-14/h2-5,14H,6-9H2,1H3. The summed E-state index contributed by atoms with van der Waals surface area (Å²) in [5, 5.41) is 5.45. The van der Waals surface area contributed by atoms with E-state index < -0.39 is 6.10 Å². The Morgan fingerprint density at radius 1 is 1.42 bits per heavy atom. The van der Waals surface area contributed by atoms with Crippen molar-refractivity contribution in [1.29, 1.82) is 0 Å². The summed E-state index contributed by atoms with van der Waals surface area (Å²) in [7, 11) is 1.89. The topological polar surface area (TPSA) is 53.4 Å². The Kier molecular flexibility index (Phi) is 3.31. The molecule has 19 heavy (non-hydrogen) atoms. The van der Waals surface area contributed by atoms with Gasteiger partial charge in [0.25, 0.3) is 0 Å². The molecule has 1 aromatic heterocycles. The van der Waals surface area contributed by atoms with Crippen LogP contribution in [-0.2, 0) is 27.7 Å². The predicted molar refractivity (Wildman–Crippen MR) is 70.0 cm³/mol. The fourth-order valence-electron chi connectivity index (χ4n) is 2.37. The molecule has 1 saturated heterocycles. The fraction of sp³-hybridized carbons (Fsp3) is 0.429. The summed E-state index contributed by atoms with van der Waals surface area (Å²) >= 11 is 0. The number of rotatable bonds is 3. The van der Waals surface area contributed by atoms with E-state index in [4.69, 9.17) is 9.47 Å². The number of aryl methyl sites for hydroxylation is 1. The molecular formula is C14H16N2O3. The summed E-state index contributed by atoms with van der Waals surface area (Å²) in [6, 6.07) is 7.91. The first kappa shape index (κ1) is 12.3. The van der Waals surface area contributed by atoms with E-state index in [1.54, 1.807) is 4.68 Å². The molecule has 2 aromatic rings. The summed E-state index contributed by atoms with van der Waals surface area (Å²) < 4.78 is 12.5. The lowest BCUT2D eigenvalue weighted by molar-refractivity contribution is -0.144. The zero-order valence-electron chi connectivity index (χ0n) is 10.8. The van der Waals surface area contributed by atoms with E-state index in [0.717, 1.165) is 16.6 Å². The maximum absolute atomic E-state index is 12.2. The molecule has 1 aliphatic rings. The third-order valence-electron chi connectivity index (χ3n) is 3.35. The first-order valence-corrected chi connectivity index (χ1v) is 6.38. The van der Waals surface area contributed by atoms with Gasteiger partial charge in [-0.2, -0.15) is 5.10 Å². The minimum atomic E-state index is -0.450. The van der Waals surface area contributed by atoms with Crippen molar-refractivity contribution in [2.75, 3.05) is 19.8 Å². The Morgan fingerprint density at radius 2 is 2.26 bits per heavy atom. The second-order valence-corrected chi connectivity index (χ2v) is 4.66. The molecule has 100 valence electrons. The van der Waals surface area contributed by atoms with Gasteiger partial charge in [0.1, 0.15) is 6.10 Å². The zero-order valence-corrected chi connectivity index (χ0v) is 10.8. The molecule has 3 rings (SSSR count). The first-order valence-electron chi connectivity index (χ1n) is 6.38. The van der Waals surface area contributed by atoms with Crippen LogP contribution in [0.15, 0.2) is 24.3 Å². The van der Waals surface area contributed by atoms with E-state index in [-0.39, 0.29) is 12.2 Å². The number of carbonyl (C=O) groups excluding carboxylic acids is 1. The molecule has 0 N–H and O–H groups in total. The monoisotopic (exact) mass is 260 g/mol. The number of carbonyl (C=O) groups is 1. The van der Waals surface area contributed by atoms with Gasteiger partial charge in [0.2, 0.25) is 0 Å². The molecule has 1 aromatic carbocycles. The summed E-state index contributed by atoms with van der Waals surface area (Å²) in [6.45, 7) is 1.40. The quantitative estimate of drug-likeness (QED) is 0.829. The fourth-order valence-corrected chi connectivity index (χ4v) is 2.37. The average Bonchev–Trinajstić information content (AvgIpc) is 2.77. The van der Waals surface area contributed by atoms with Crippen molar-refractivity contribution in [1.82, 2.24) is 9.78 Å². The van der Waals surface area contributed by atoms with Crippen molar-refractivity contribution in [3.05, 3.63) is 30.0 Å². The number of Topliss-reactive ketones (excluding diaryl/α,β-unsaturated/α-hetero) is 1. The number of hydrogen-bond donors (Lipinski definition) is 0. The minimum absolute atomic E-state index is 0.0311. The third kappa shape index (κ3) is 2.39. The van der Waals surface area contributed by atoms with Crippen molar-refractivity contribution in [2.24, 2.45) is 7.05 Å². The zero-order chi connectivity index (χ0) is 13.2. The lowest BCUT2D eigenvalue weighted by atomic mass is 10.1. The third-order valence-corrected chi connectivity index (χ3v) is 3.35. The summed E-state index contributed by atoms with van der Waals surface area (Å²) in [6.07, 6.45) is -0.162. The van der Waals surface area contributed by atoms with Gasteiger partial charge in [-0.3, -0.25) is 9.48 Å². The van der Waals surface area contributed by atoms with Crippen LogP contribution in [0.3, 0.4) is 0 Å². The van der Waals surface area contributed by atoms with Gasteiger partial charge >= 0.3 is 0 Å². The van der Waals surface area contributed by atoms with Crippen LogP contribution < -0.4 is 0 Å². The Labute approximate surface area is 111 Å². The molecule has 5 nitrogen and oxygen atoms in total. The van der Waals surface area contributed by atoms with Gasteiger partial charge in [0, 0.05) is 12.4 Å². The van der Waals surface area contributed by atoms with Crippen LogP contribution in [0, 0.1) is 0 Å². The van der Waals surface area contributed by atoms with Gasteiger partial charge in [-0.05, 0) is 6.07 Å². The molecular weight excluding hydrogens is 244 g/mol. The number of hydrogen-bond acceptors (Lipinski definition) is 4. The Hall–Kier alpha value is -1.72. The van der Waals surface area contributed by atoms with Crippen molar-refractivity contribution in [3.8, 4) is 0 Å². The molecule has 5 heteroatoms. The predicted octanol–water partition coefficient (Wildman–Crippen LogP) is 1.10. The lowest BCUT2D eigenvalue weighted by Gasteiger charge is -2.21. The lowest BCUT2D eigenvalue weighted by Crippen LogP contribution is -2.36. The maximum atomic E-state index is 12.2. The van der Waals surface area contributed by atoms with E-state index in [2.05, 4.69) is 5.10 Å². The molecule has 1 aliphatic heterocycles. The van der Waals surface area contributed by atoms with Crippen LogP contribution in [0.5, 0.6) is 0 Å². The number of ether oxygens (including phenoxy) is 2. The molecule has 2 heterocycles. The molecule has 1 unspecified atom stereocenters. The SMILES string of the molecule is Cn1nc(CC(=O)C2COCCO2)c2ccccc21. The van der Waals surface area contributed by atoms with Gasteiger partial charge in [-0.1, -0.05) is 18.2 Å². The number of nitrogens with zero attached hydrogens (tertiary/aromatic N) is 2. The van der Waals surface area contributed by atoms with Gasteiger partial charge in [0.15, 0.2) is 5.78 Å². The smallest absolute Gasteiger partial charge is 0.169 e. The van der Waals surface area contributed by atoms with E-state index in [0.29, 0.717) is 19.8 Å². The highest BCUT2D eigenvalue weighted by molar-refractivity contribution is 5.90. The van der Waals surface area contributed by atoms with Crippen LogP contribution in [0.25, 0.3) is 10.9 Å². The van der Waals surface area contributed by atoms with E-state index >= 15 is 0 Å². The van der Waals surface area contributed by atoms with Gasteiger partial charge in [0.05, 0.1) is 37.5 Å². The van der Waals surface area contributed by atoms with Crippen LogP contribution in [0.2, 0.25) is 0 Å². The van der Waals surface area contributed by atoms with Gasteiger partial charge in [-0.15, -0.1) is 0 Å². The molecule has 1 fully saturated rings. The van der Waals surface area contributed by atoms with Gasteiger partial charge in [-0.25, -0.2) is 0 Å². The van der Waals surface area contributed by atoms with Crippen LogP contribution in [0.4, 0.5) is 0 Å². The number of ketones is 1.